The summed E-state index contributed by atoms with van der Waals surface area (Å²) in [5, 5.41) is 20.3. The van der Waals surface area contributed by atoms with Gasteiger partial charge in [-0.2, -0.15) is 10.2 Å². The van der Waals surface area contributed by atoms with Crippen LogP contribution in [0.3, 0.4) is 0 Å². The Morgan fingerprint density at radius 1 is 1.38 bits per heavy atom. The summed E-state index contributed by atoms with van der Waals surface area (Å²) >= 11 is 0. The van der Waals surface area contributed by atoms with Gasteiger partial charge in [0.1, 0.15) is 5.75 Å². The second-order valence-electron chi connectivity index (χ2n) is 5.03. The van der Waals surface area contributed by atoms with Crippen LogP contribution in [0, 0.1) is 0 Å². The minimum Gasteiger partial charge on any atom is -0.508 e. The number of aryl methyl sites for hydroxylation is 1. The molecule has 0 aliphatic heterocycles. The highest BCUT2D eigenvalue weighted by Crippen LogP contribution is 2.21. The smallest absolute Gasteiger partial charge is 0.292 e. The van der Waals surface area contributed by atoms with E-state index in [1.807, 2.05) is 0 Å². The lowest BCUT2D eigenvalue weighted by Gasteiger charge is -2.10. The zero-order valence-corrected chi connectivity index (χ0v) is 11.5. The molecule has 3 rings (SSSR count). The quantitative estimate of drug-likeness (QED) is 0.592. The van der Waals surface area contributed by atoms with Crippen molar-refractivity contribution in [1.82, 2.24) is 15.6 Å². The predicted octanol–water partition coefficient (Wildman–Crippen LogP) is 1.76. The maximum atomic E-state index is 12.1. The first-order valence-electron chi connectivity index (χ1n) is 6.92. The number of aromatic amines is 1. The molecule has 0 fully saturated rings. The summed E-state index contributed by atoms with van der Waals surface area (Å²) in [6, 6.07) is 6.63. The fourth-order valence-electron chi connectivity index (χ4n) is 2.49. The molecule has 2 aromatic rings. The lowest BCUT2D eigenvalue weighted by atomic mass is 9.96. The molecule has 1 heterocycles. The third kappa shape index (κ3) is 2.94. The van der Waals surface area contributed by atoms with Gasteiger partial charge in [-0.3, -0.25) is 9.89 Å². The Hall–Kier alpha value is -2.63. The molecule has 1 aliphatic carbocycles. The standard InChI is InChI=1S/C15H16N4O2/c20-11-5-3-4-10(8-11)9-16-19-15(21)14-12-6-1-2-7-13(12)17-18-14/h3-5,8-9,20H,1-2,6-7H2,(H,17,18)(H,19,21). The molecule has 0 saturated heterocycles. The third-order valence-electron chi connectivity index (χ3n) is 3.52. The Balaban J connectivity index is 1.68. The number of rotatable bonds is 3. The molecular weight excluding hydrogens is 268 g/mol. The topological polar surface area (TPSA) is 90.4 Å². The Labute approximate surface area is 121 Å². The van der Waals surface area contributed by atoms with Gasteiger partial charge in [-0.25, -0.2) is 5.43 Å². The molecule has 1 amide bonds. The van der Waals surface area contributed by atoms with Crippen molar-refractivity contribution in [2.45, 2.75) is 25.7 Å². The van der Waals surface area contributed by atoms with Crippen LogP contribution in [-0.4, -0.2) is 27.4 Å². The first-order valence-corrected chi connectivity index (χ1v) is 6.92. The molecule has 0 radical (unpaired) electrons. The van der Waals surface area contributed by atoms with Crippen LogP contribution in [0.5, 0.6) is 5.75 Å². The molecule has 108 valence electrons. The first-order chi connectivity index (χ1) is 10.2. The van der Waals surface area contributed by atoms with E-state index in [0.29, 0.717) is 11.3 Å². The highest BCUT2D eigenvalue weighted by atomic mass is 16.3. The number of carbonyl (C=O) groups excluding carboxylic acids is 1. The van der Waals surface area contributed by atoms with Crippen molar-refractivity contribution in [2.24, 2.45) is 5.10 Å². The highest BCUT2D eigenvalue weighted by Gasteiger charge is 2.21. The van der Waals surface area contributed by atoms with E-state index in [0.717, 1.165) is 36.9 Å². The number of phenols is 1. The molecule has 0 spiro atoms. The Morgan fingerprint density at radius 2 is 2.24 bits per heavy atom. The van der Waals surface area contributed by atoms with Crippen LogP contribution < -0.4 is 5.43 Å². The van der Waals surface area contributed by atoms with Crippen LogP contribution in [0.2, 0.25) is 0 Å². The van der Waals surface area contributed by atoms with Gasteiger partial charge in [0, 0.05) is 11.3 Å². The van der Waals surface area contributed by atoms with Crippen molar-refractivity contribution in [3.8, 4) is 5.75 Å². The van der Waals surface area contributed by atoms with Crippen molar-refractivity contribution in [2.75, 3.05) is 0 Å². The van der Waals surface area contributed by atoms with Crippen LogP contribution in [0.25, 0.3) is 0 Å². The molecule has 6 heteroatoms. The predicted molar refractivity (Wildman–Crippen MR) is 78.4 cm³/mol. The highest BCUT2D eigenvalue weighted by molar-refractivity contribution is 5.94. The first kappa shape index (κ1) is 13.4. The monoisotopic (exact) mass is 284 g/mol. The van der Waals surface area contributed by atoms with Gasteiger partial charge >= 0.3 is 0 Å². The average Bonchev–Trinajstić information content (AvgIpc) is 2.91. The van der Waals surface area contributed by atoms with E-state index >= 15 is 0 Å². The normalized spacial score (nSPS) is 14.1. The number of hydrogen-bond donors (Lipinski definition) is 3. The minimum absolute atomic E-state index is 0.159. The zero-order chi connectivity index (χ0) is 14.7. The number of nitrogens with zero attached hydrogens (tertiary/aromatic N) is 2. The van der Waals surface area contributed by atoms with Crippen molar-refractivity contribution in [3.63, 3.8) is 0 Å². The van der Waals surface area contributed by atoms with Gasteiger partial charge in [-0.1, -0.05) is 12.1 Å². The van der Waals surface area contributed by atoms with Crippen molar-refractivity contribution < 1.29 is 9.90 Å². The van der Waals surface area contributed by atoms with E-state index in [2.05, 4.69) is 20.7 Å². The molecule has 1 aromatic carbocycles. The molecule has 0 atom stereocenters. The van der Waals surface area contributed by atoms with E-state index in [4.69, 9.17) is 0 Å². The van der Waals surface area contributed by atoms with Crippen LogP contribution in [0.1, 0.15) is 40.2 Å². The van der Waals surface area contributed by atoms with Gasteiger partial charge in [0.2, 0.25) is 0 Å². The number of aromatic nitrogens is 2. The lowest BCUT2D eigenvalue weighted by molar-refractivity contribution is 0.0949. The summed E-state index contributed by atoms with van der Waals surface area (Å²) in [5.41, 5.74) is 5.67. The average molecular weight is 284 g/mol. The maximum Gasteiger partial charge on any atom is 0.292 e. The van der Waals surface area contributed by atoms with Crippen LogP contribution >= 0.6 is 0 Å². The minimum atomic E-state index is -0.314. The number of H-pyrrole nitrogens is 1. The Bertz CT molecular complexity index is 691. The van der Waals surface area contributed by atoms with Gasteiger partial charge in [0.05, 0.1) is 6.21 Å². The SMILES string of the molecule is O=C(NN=Cc1cccc(O)c1)c1n[nH]c2c1CCCC2. The molecule has 0 saturated carbocycles. The summed E-state index contributed by atoms with van der Waals surface area (Å²) < 4.78 is 0. The number of hydrogen-bond acceptors (Lipinski definition) is 4. The molecule has 1 aromatic heterocycles. The van der Waals surface area contributed by atoms with Crippen LogP contribution in [-0.2, 0) is 12.8 Å². The number of hydrazone groups is 1. The van der Waals surface area contributed by atoms with Gasteiger partial charge in [0.15, 0.2) is 5.69 Å². The molecule has 0 unspecified atom stereocenters. The number of aromatic hydroxyl groups is 1. The van der Waals surface area contributed by atoms with Crippen molar-refractivity contribution >= 4 is 12.1 Å². The zero-order valence-electron chi connectivity index (χ0n) is 11.5. The molecule has 0 bridgehead atoms. The Morgan fingerprint density at radius 3 is 3.10 bits per heavy atom. The largest absolute Gasteiger partial charge is 0.508 e. The van der Waals surface area contributed by atoms with Gasteiger partial charge < -0.3 is 5.11 Å². The van der Waals surface area contributed by atoms with Gasteiger partial charge in [-0.05, 0) is 43.4 Å². The second-order valence-corrected chi connectivity index (χ2v) is 5.03. The number of phenolic OH excluding ortho intramolecular Hbond substituents is 1. The molecule has 1 aliphatic rings. The van der Waals surface area contributed by atoms with Gasteiger partial charge in [-0.15, -0.1) is 0 Å². The van der Waals surface area contributed by atoms with E-state index in [1.54, 1.807) is 24.3 Å². The number of nitrogens with one attached hydrogen (secondary N) is 2. The third-order valence-corrected chi connectivity index (χ3v) is 3.52. The summed E-state index contributed by atoms with van der Waals surface area (Å²) in [5.74, 6) is -0.155. The summed E-state index contributed by atoms with van der Waals surface area (Å²) in [7, 11) is 0. The summed E-state index contributed by atoms with van der Waals surface area (Å²) in [4.78, 5) is 12.1. The molecule has 6 nitrogen and oxygen atoms in total. The van der Waals surface area contributed by atoms with Crippen molar-refractivity contribution in [1.29, 1.82) is 0 Å². The molecule has 3 N–H and O–H groups in total. The molecule has 21 heavy (non-hydrogen) atoms. The number of amides is 1. The fraction of sp³-hybridized carbons (Fsp3) is 0.267. The Kier molecular flexibility index (Phi) is 3.68. The number of benzene rings is 1. The fourth-order valence-corrected chi connectivity index (χ4v) is 2.49. The number of carbonyl (C=O) groups is 1. The van der Waals surface area contributed by atoms with Crippen LogP contribution in [0.15, 0.2) is 29.4 Å². The summed E-state index contributed by atoms with van der Waals surface area (Å²) in [6.45, 7) is 0. The van der Waals surface area contributed by atoms with E-state index in [9.17, 15) is 9.90 Å². The molecular formula is C15H16N4O2. The maximum absolute atomic E-state index is 12.1. The second kappa shape index (κ2) is 5.78. The number of fused-ring (bicyclic) bond motifs is 1. The van der Waals surface area contributed by atoms with E-state index in [1.165, 1.54) is 6.21 Å². The van der Waals surface area contributed by atoms with E-state index < -0.39 is 0 Å². The van der Waals surface area contributed by atoms with Crippen LogP contribution in [0.4, 0.5) is 0 Å². The summed E-state index contributed by atoms with van der Waals surface area (Å²) in [6.07, 6.45) is 5.52. The van der Waals surface area contributed by atoms with Gasteiger partial charge in [0.25, 0.3) is 5.91 Å². The van der Waals surface area contributed by atoms with E-state index in [-0.39, 0.29) is 11.7 Å². The van der Waals surface area contributed by atoms with Crippen molar-refractivity contribution in [3.05, 3.63) is 46.8 Å². The lowest BCUT2D eigenvalue weighted by Crippen LogP contribution is -2.20.